The van der Waals surface area contributed by atoms with Gasteiger partial charge in [-0.05, 0) is 42.0 Å². The molecule has 0 atom stereocenters. The summed E-state index contributed by atoms with van der Waals surface area (Å²) in [5.74, 6) is -2.01. The van der Waals surface area contributed by atoms with E-state index in [-0.39, 0.29) is 17.4 Å². The highest BCUT2D eigenvalue weighted by Gasteiger charge is 2.33. The van der Waals surface area contributed by atoms with Gasteiger partial charge in [0.15, 0.2) is 0 Å². The zero-order valence-electron chi connectivity index (χ0n) is 16.6. The van der Waals surface area contributed by atoms with Crippen LogP contribution in [0.3, 0.4) is 0 Å². The lowest BCUT2D eigenvalue weighted by atomic mass is 10.0. The van der Waals surface area contributed by atoms with Crippen molar-refractivity contribution in [3.63, 3.8) is 0 Å². The molecule has 0 fully saturated rings. The molecule has 4 N–H and O–H groups in total. The zero-order chi connectivity index (χ0) is 24.0. The Morgan fingerprint density at radius 1 is 0.970 bits per heavy atom. The van der Waals surface area contributed by atoms with Crippen molar-refractivity contribution in [3.05, 3.63) is 83.8 Å². The number of nitrogens with one attached hydrogen (secondary N) is 2. The molecule has 1 aromatic heterocycles. The predicted molar refractivity (Wildman–Crippen MR) is 114 cm³/mol. The van der Waals surface area contributed by atoms with Crippen LogP contribution in [0, 0.1) is 5.82 Å². The Labute approximate surface area is 185 Å². The highest BCUT2D eigenvalue weighted by molar-refractivity contribution is 7.92. The second kappa shape index (κ2) is 7.93. The Kier molecular flexibility index (Phi) is 5.36. The van der Waals surface area contributed by atoms with Crippen LogP contribution >= 0.6 is 0 Å². The number of carbonyl (C=O) groups excluding carboxylic acids is 1. The van der Waals surface area contributed by atoms with Crippen LogP contribution in [0.5, 0.6) is 0 Å². The number of fused-ring (bicyclic) bond motifs is 1. The molecule has 0 aliphatic carbocycles. The Balaban J connectivity index is 1.69. The van der Waals surface area contributed by atoms with Crippen molar-refractivity contribution < 1.29 is 30.8 Å². The summed E-state index contributed by atoms with van der Waals surface area (Å²) in [6, 6.07) is 13.9. The number of H-pyrrole nitrogens is 1. The molecule has 4 aromatic rings. The van der Waals surface area contributed by atoms with Gasteiger partial charge in [0.25, 0.3) is 15.9 Å². The first-order valence-electron chi connectivity index (χ1n) is 9.38. The van der Waals surface area contributed by atoms with E-state index in [1.54, 1.807) is 24.3 Å². The largest absolute Gasteiger partial charge is 0.416 e. The molecule has 170 valence electrons. The van der Waals surface area contributed by atoms with Crippen molar-refractivity contribution in [1.29, 1.82) is 0 Å². The van der Waals surface area contributed by atoms with Crippen molar-refractivity contribution in [2.45, 2.75) is 11.1 Å². The average Bonchev–Trinajstić information content (AvgIpc) is 3.13. The summed E-state index contributed by atoms with van der Waals surface area (Å²) >= 11 is 0. The van der Waals surface area contributed by atoms with Crippen LogP contribution in [0.1, 0.15) is 16.1 Å². The predicted octanol–water partition coefficient (Wildman–Crippen LogP) is 4.89. The lowest BCUT2D eigenvalue weighted by Crippen LogP contribution is -2.16. The third kappa shape index (κ3) is 4.27. The Morgan fingerprint density at radius 3 is 2.27 bits per heavy atom. The second-order valence-corrected chi connectivity index (χ2v) is 8.76. The number of amides is 1. The highest BCUT2D eigenvalue weighted by atomic mass is 32.2. The van der Waals surface area contributed by atoms with Crippen LogP contribution in [-0.2, 0) is 16.2 Å². The van der Waals surface area contributed by atoms with Crippen LogP contribution in [0.2, 0.25) is 0 Å². The first-order chi connectivity index (χ1) is 15.5. The molecule has 0 aliphatic rings. The van der Waals surface area contributed by atoms with Gasteiger partial charge in [-0.1, -0.05) is 30.3 Å². The molecule has 33 heavy (non-hydrogen) atoms. The van der Waals surface area contributed by atoms with E-state index in [0.29, 0.717) is 34.2 Å². The van der Waals surface area contributed by atoms with Gasteiger partial charge in [-0.15, -0.1) is 0 Å². The second-order valence-electron chi connectivity index (χ2n) is 7.11. The SMILES string of the molecule is NC(=O)c1[nH]c2ccccc2c1-c1ccc(NS(=O)(=O)c2cc(C(F)(F)F)ccc2F)cc1. The van der Waals surface area contributed by atoms with E-state index >= 15 is 0 Å². The van der Waals surface area contributed by atoms with Crippen LogP contribution < -0.4 is 10.5 Å². The number of carbonyl (C=O) groups is 1. The van der Waals surface area contributed by atoms with Crippen molar-refractivity contribution in [2.24, 2.45) is 5.73 Å². The maximum Gasteiger partial charge on any atom is 0.416 e. The van der Waals surface area contributed by atoms with E-state index in [1.165, 1.54) is 24.3 Å². The molecule has 0 unspecified atom stereocenters. The topological polar surface area (TPSA) is 105 Å². The number of primary amides is 1. The maximum absolute atomic E-state index is 14.0. The van der Waals surface area contributed by atoms with Gasteiger partial charge in [0, 0.05) is 22.2 Å². The van der Waals surface area contributed by atoms with Gasteiger partial charge in [-0.3, -0.25) is 9.52 Å². The fraction of sp³-hybridized carbons (Fsp3) is 0.0455. The van der Waals surface area contributed by atoms with Crippen molar-refractivity contribution >= 4 is 32.5 Å². The molecule has 0 saturated heterocycles. The summed E-state index contributed by atoms with van der Waals surface area (Å²) in [5, 5.41) is 0.714. The molecule has 0 radical (unpaired) electrons. The number of sulfonamides is 1. The van der Waals surface area contributed by atoms with Crippen LogP contribution in [0.25, 0.3) is 22.0 Å². The van der Waals surface area contributed by atoms with E-state index in [9.17, 15) is 30.8 Å². The monoisotopic (exact) mass is 477 g/mol. The quantitative estimate of drug-likeness (QED) is 0.356. The van der Waals surface area contributed by atoms with E-state index < -0.39 is 38.4 Å². The first kappa shape index (κ1) is 22.3. The van der Waals surface area contributed by atoms with Gasteiger partial charge in [0.1, 0.15) is 16.4 Å². The molecule has 0 saturated carbocycles. The molecule has 0 aliphatic heterocycles. The van der Waals surface area contributed by atoms with Crippen molar-refractivity contribution in [2.75, 3.05) is 4.72 Å². The number of hydrogen-bond acceptors (Lipinski definition) is 3. The van der Waals surface area contributed by atoms with Gasteiger partial charge in [-0.25, -0.2) is 12.8 Å². The highest BCUT2D eigenvalue weighted by Crippen LogP contribution is 2.34. The third-order valence-electron chi connectivity index (χ3n) is 4.93. The summed E-state index contributed by atoms with van der Waals surface area (Å²) in [6.07, 6.45) is -4.84. The normalized spacial score (nSPS) is 12.1. The van der Waals surface area contributed by atoms with Crippen LogP contribution in [0.4, 0.5) is 23.2 Å². The smallest absolute Gasteiger partial charge is 0.364 e. The molecule has 1 amide bonds. The van der Waals surface area contributed by atoms with E-state index in [2.05, 4.69) is 9.71 Å². The van der Waals surface area contributed by atoms with Crippen LogP contribution in [0.15, 0.2) is 71.6 Å². The Hall–Kier alpha value is -3.86. The number of anilines is 1. The summed E-state index contributed by atoms with van der Waals surface area (Å²) in [7, 11) is -4.65. The summed E-state index contributed by atoms with van der Waals surface area (Å²) in [5.41, 5.74) is 6.04. The van der Waals surface area contributed by atoms with E-state index in [0.717, 1.165) is 0 Å². The third-order valence-corrected chi connectivity index (χ3v) is 6.32. The molecule has 6 nitrogen and oxygen atoms in total. The number of aromatic amines is 1. The molecule has 1 heterocycles. The average molecular weight is 477 g/mol. The first-order valence-corrected chi connectivity index (χ1v) is 10.9. The molecular weight excluding hydrogens is 462 g/mol. The van der Waals surface area contributed by atoms with Gasteiger partial charge in [-0.2, -0.15) is 13.2 Å². The number of hydrogen-bond donors (Lipinski definition) is 3. The lowest BCUT2D eigenvalue weighted by molar-refractivity contribution is -0.137. The summed E-state index contributed by atoms with van der Waals surface area (Å²) in [4.78, 5) is 13.7. The molecule has 11 heteroatoms. The molecular formula is C22H15F4N3O3S. The number of aromatic nitrogens is 1. The standard InChI is InChI=1S/C22H15F4N3O3S/c23-16-10-7-13(22(24,25)26)11-18(16)33(31,32)29-14-8-5-12(6-9-14)19-15-3-1-2-4-17(15)28-20(19)21(27)30/h1-11,28-29H,(H2,27,30). The minimum atomic E-state index is -4.84. The number of benzene rings is 3. The van der Waals surface area contributed by atoms with Crippen molar-refractivity contribution in [1.82, 2.24) is 4.98 Å². The fourth-order valence-electron chi connectivity index (χ4n) is 3.43. The minimum absolute atomic E-state index is 0.0176. The van der Waals surface area contributed by atoms with Crippen molar-refractivity contribution in [3.8, 4) is 11.1 Å². The van der Waals surface area contributed by atoms with Gasteiger partial charge < -0.3 is 10.7 Å². The molecule has 4 rings (SSSR count). The number of para-hydroxylation sites is 1. The Morgan fingerprint density at radius 2 is 1.64 bits per heavy atom. The lowest BCUT2D eigenvalue weighted by Gasteiger charge is -2.12. The van der Waals surface area contributed by atoms with E-state index in [4.69, 9.17) is 5.73 Å². The van der Waals surface area contributed by atoms with E-state index in [1.807, 2.05) is 0 Å². The summed E-state index contributed by atoms with van der Waals surface area (Å²) < 4.78 is 80.0. The van der Waals surface area contributed by atoms with Crippen LogP contribution in [-0.4, -0.2) is 19.3 Å². The maximum atomic E-state index is 14.0. The molecule has 3 aromatic carbocycles. The number of nitrogens with two attached hydrogens (primary N) is 1. The number of rotatable bonds is 5. The molecule has 0 bridgehead atoms. The fourth-order valence-corrected chi connectivity index (χ4v) is 4.59. The van der Waals surface area contributed by atoms with Gasteiger partial charge >= 0.3 is 6.18 Å². The Bertz CT molecular complexity index is 1480. The van der Waals surface area contributed by atoms with Gasteiger partial charge in [0.2, 0.25) is 0 Å². The summed E-state index contributed by atoms with van der Waals surface area (Å²) in [6.45, 7) is 0. The zero-order valence-corrected chi connectivity index (χ0v) is 17.4. The van der Waals surface area contributed by atoms with Gasteiger partial charge in [0.05, 0.1) is 5.56 Å². The molecule has 0 spiro atoms. The number of halogens is 4. The minimum Gasteiger partial charge on any atom is -0.364 e. The number of alkyl halides is 3.